The van der Waals surface area contributed by atoms with E-state index in [9.17, 15) is 4.79 Å². The third kappa shape index (κ3) is 3.54. The molecule has 5 nitrogen and oxygen atoms in total. The Morgan fingerprint density at radius 2 is 2.18 bits per heavy atom. The van der Waals surface area contributed by atoms with Crippen LogP contribution in [0.25, 0.3) is 10.6 Å². The summed E-state index contributed by atoms with van der Waals surface area (Å²) >= 11 is 1.39. The molecular weight excluding hydrogens is 297 g/mol. The van der Waals surface area contributed by atoms with E-state index >= 15 is 0 Å². The van der Waals surface area contributed by atoms with Gasteiger partial charge >= 0.3 is 6.09 Å². The quantitative estimate of drug-likeness (QED) is 0.646. The fraction of sp³-hybridized carbons (Fsp3) is 0.267. The third-order valence-corrected chi connectivity index (χ3v) is 4.29. The summed E-state index contributed by atoms with van der Waals surface area (Å²) in [5.74, 6) is 0.555. The maximum absolute atomic E-state index is 12.1. The van der Waals surface area contributed by atoms with Gasteiger partial charge < -0.3 is 4.74 Å². The Morgan fingerprint density at radius 1 is 1.45 bits per heavy atom. The van der Waals surface area contributed by atoms with E-state index in [-0.39, 0.29) is 0 Å². The van der Waals surface area contributed by atoms with Gasteiger partial charge in [-0.15, -0.1) is 0 Å². The minimum absolute atomic E-state index is 0.445. The van der Waals surface area contributed by atoms with Crippen molar-refractivity contribution in [3.63, 3.8) is 0 Å². The average Bonchev–Trinajstić information content (AvgIpc) is 2.88. The van der Waals surface area contributed by atoms with Crippen LogP contribution in [-0.2, 0) is 4.74 Å². The molecule has 0 aliphatic carbocycles. The Labute approximate surface area is 135 Å². The number of pyridine rings is 1. The highest BCUT2D eigenvalue weighted by Crippen LogP contribution is 2.33. The van der Waals surface area contributed by atoms with Crippen LogP contribution in [0.15, 0.2) is 30.3 Å². The van der Waals surface area contributed by atoms with Crippen molar-refractivity contribution in [3.05, 3.63) is 36.0 Å². The zero-order chi connectivity index (χ0) is 16.3. The van der Waals surface area contributed by atoms with Gasteiger partial charge in [0, 0.05) is 25.0 Å². The summed E-state index contributed by atoms with van der Waals surface area (Å²) in [5, 5.41) is 1.49. The van der Waals surface area contributed by atoms with E-state index in [2.05, 4.69) is 9.97 Å². The van der Waals surface area contributed by atoms with Gasteiger partial charge in [0.05, 0.1) is 5.69 Å². The van der Waals surface area contributed by atoms with Crippen LogP contribution < -0.4 is 10.4 Å². The summed E-state index contributed by atoms with van der Waals surface area (Å²) in [7, 11) is 7.40. The number of ether oxygens (including phenoxy) is 1. The molecule has 22 heavy (non-hydrogen) atoms. The SMILES string of the molecule is [B]c1cncc(-c2nc(C)c(N(C)C(=O)O/C(C)=C/C)s2)c1. The van der Waals surface area contributed by atoms with Crippen LogP contribution >= 0.6 is 11.3 Å². The van der Waals surface area contributed by atoms with Crippen molar-refractivity contribution in [2.75, 3.05) is 11.9 Å². The van der Waals surface area contributed by atoms with Crippen molar-refractivity contribution >= 4 is 35.7 Å². The molecule has 112 valence electrons. The average molecular weight is 313 g/mol. The molecule has 0 spiro atoms. The van der Waals surface area contributed by atoms with Gasteiger partial charge in [0.25, 0.3) is 0 Å². The van der Waals surface area contributed by atoms with Gasteiger partial charge in [-0.1, -0.05) is 22.9 Å². The molecule has 7 heteroatoms. The first-order valence-electron chi connectivity index (χ1n) is 6.69. The van der Waals surface area contributed by atoms with Crippen LogP contribution in [0.2, 0.25) is 0 Å². The number of anilines is 1. The number of carbonyl (C=O) groups is 1. The van der Waals surface area contributed by atoms with Gasteiger partial charge in [-0.3, -0.25) is 9.88 Å². The first-order chi connectivity index (χ1) is 10.4. The molecule has 0 saturated carbocycles. The second-order valence-electron chi connectivity index (χ2n) is 4.74. The van der Waals surface area contributed by atoms with Crippen LogP contribution in [0.4, 0.5) is 9.80 Å². The Hall–Kier alpha value is -2.15. The first-order valence-corrected chi connectivity index (χ1v) is 7.50. The normalized spacial score (nSPS) is 11.4. The second kappa shape index (κ2) is 6.74. The molecule has 0 fully saturated rings. The van der Waals surface area contributed by atoms with Gasteiger partial charge in [0.15, 0.2) is 0 Å². The Balaban J connectivity index is 2.28. The number of allylic oxidation sites excluding steroid dienone is 2. The molecule has 0 aromatic carbocycles. The molecule has 0 unspecified atom stereocenters. The highest BCUT2D eigenvalue weighted by Gasteiger charge is 2.19. The molecule has 0 atom stereocenters. The monoisotopic (exact) mass is 313 g/mol. The second-order valence-corrected chi connectivity index (χ2v) is 5.72. The summed E-state index contributed by atoms with van der Waals surface area (Å²) in [4.78, 5) is 22.1. The standard InChI is InChI=1S/C15H16BN3O2S/c1-5-9(2)21-15(20)19(4)14-10(3)18-13(22-14)11-6-12(16)8-17-7-11/h5-8H,1-4H3/b9-5+. The zero-order valence-electron chi connectivity index (χ0n) is 13.0. The number of carbonyl (C=O) groups excluding carboxylic acids is 1. The Bertz CT molecular complexity index is 727. The molecule has 2 aromatic heterocycles. The van der Waals surface area contributed by atoms with E-state index < -0.39 is 6.09 Å². The predicted molar refractivity (Wildman–Crippen MR) is 89.8 cm³/mol. The number of thiazole rings is 1. The number of nitrogens with zero attached hydrogens (tertiary/aromatic N) is 3. The van der Waals surface area contributed by atoms with Gasteiger partial charge in [-0.05, 0) is 26.8 Å². The lowest BCUT2D eigenvalue weighted by Gasteiger charge is -2.15. The number of amides is 1. The Kier molecular flexibility index (Phi) is 4.97. The fourth-order valence-corrected chi connectivity index (χ4v) is 2.75. The highest BCUT2D eigenvalue weighted by atomic mass is 32.1. The fourth-order valence-electron chi connectivity index (χ4n) is 1.75. The number of hydrogen-bond acceptors (Lipinski definition) is 5. The number of aryl methyl sites for hydroxylation is 1. The Morgan fingerprint density at radius 3 is 2.82 bits per heavy atom. The lowest BCUT2D eigenvalue weighted by Crippen LogP contribution is -2.26. The molecule has 0 aliphatic heterocycles. The van der Waals surface area contributed by atoms with Crippen LogP contribution in [0.3, 0.4) is 0 Å². The minimum atomic E-state index is -0.445. The van der Waals surface area contributed by atoms with Crippen molar-refractivity contribution in [2.45, 2.75) is 20.8 Å². The molecule has 2 heterocycles. The molecule has 0 N–H and O–H groups in total. The molecule has 2 rings (SSSR count). The number of hydrogen-bond donors (Lipinski definition) is 0. The smallest absolute Gasteiger partial charge is 0.415 e. The molecule has 2 radical (unpaired) electrons. The van der Waals surface area contributed by atoms with E-state index in [0.717, 1.165) is 21.3 Å². The van der Waals surface area contributed by atoms with Crippen LogP contribution in [-0.4, -0.2) is 31.0 Å². The van der Waals surface area contributed by atoms with Crippen molar-refractivity contribution in [1.29, 1.82) is 0 Å². The van der Waals surface area contributed by atoms with Gasteiger partial charge in [-0.25, -0.2) is 9.78 Å². The lowest BCUT2D eigenvalue weighted by atomic mass is 9.97. The van der Waals surface area contributed by atoms with Crippen molar-refractivity contribution in [3.8, 4) is 10.6 Å². The van der Waals surface area contributed by atoms with Crippen LogP contribution in [0.5, 0.6) is 0 Å². The summed E-state index contributed by atoms with van der Waals surface area (Å²) in [6.45, 7) is 5.39. The summed E-state index contributed by atoms with van der Waals surface area (Å²) < 4.78 is 5.20. The third-order valence-electron chi connectivity index (χ3n) is 3.01. The van der Waals surface area contributed by atoms with Crippen molar-refractivity contribution in [1.82, 2.24) is 9.97 Å². The van der Waals surface area contributed by atoms with Gasteiger partial charge in [0.1, 0.15) is 23.6 Å². The van der Waals surface area contributed by atoms with Crippen molar-refractivity contribution in [2.24, 2.45) is 0 Å². The lowest BCUT2D eigenvalue weighted by molar-refractivity contribution is 0.185. The molecular formula is C15H16BN3O2S. The van der Waals surface area contributed by atoms with E-state index in [4.69, 9.17) is 12.6 Å². The first kappa shape index (κ1) is 16.2. The summed E-state index contributed by atoms with van der Waals surface area (Å²) in [6.07, 6.45) is 4.56. The van der Waals surface area contributed by atoms with Gasteiger partial charge in [-0.2, -0.15) is 0 Å². The van der Waals surface area contributed by atoms with Crippen molar-refractivity contribution < 1.29 is 9.53 Å². The summed E-state index contributed by atoms with van der Waals surface area (Å²) in [6, 6.07) is 1.80. The van der Waals surface area contributed by atoms with E-state index in [1.54, 1.807) is 38.5 Å². The molecule has 1 amide bonds. The largest absolute Gasteiger partial charge is 0.419 e. The molecule has 2 aromatic rings. The predicted octanol–water partition coefficient (Wildman–Crippen LogP) is 2.80. The minimum Gasteiger partial charge on any atom is -0.415 e. The summed E-state index contributed by atoms with van der Waals surface area (Å²) in [5.41, 5.74) is 2.15. The van der Waals surface area contributed by atoms with Crippen LogP contribution in [0, 0.1) is 6.92 Å². The van der Waals surface area contributed by atoms with E-state index in [1.807, 2.05) is 13.8 Å². The maximum atomic E-state index is 12.1. The van der Waals surface area contributed by atoms with Crippen LogP contribution in [0.1, 0.15) is 19.5 Å². The number of rotatable bonds is 3. The van der Waals surface area contributed by atoms with E-state index in [1.165, 1.54) is 16.2 Å². The maximum Gasteiger partial charge on any atom is 0.419 e. The molecule has 0 aliphatic rings. The number of aromatic nitrogens is 2. The highest BCUT2D eigenvalue weighted by molar-refractivity contribution is 7.19. The molecule has 0 bridgehead atoms. The topological polar surface area (TPSA) is 55.3 Å². The van der Waals surface area contributed by atoms with Gasteiger partial charge in [0.2, 0.25) is 0 Å². The zero-order valence-corrected chi connectivity index (χ0v) is 13.8. The van der Waals surface area contributed by atoms with E-state index in [0.29, 0.717) is 11.2 Å². The molecule has 0 saturated heterocycles.